The standard InChI is InChI=1S/C21H32N2O3.ClH/c1-3-23(4-2)13-7-12-22-20(24)21(10-5-6-11-21)17-8-9-18-19(16-17)26-15-14-25-18;/h8-9,16H,3-7,10-15H2,1-2H3,(H,22,24);1H. The molecule has 0 saturated heterocycles. The highest BCUT2D eigenvalue weighted by Gasteiger charge is 2.43. The maximum absolute atomic E-state index is 13.1. The summed E-state index contributed by atoms with van der Waals surface area (Å²) in [5.41, 5.74) is 0.658. The molecule has 1 heterocycles. The number of ether oxygens (including phenoxy) is 2. The quantitative estimate of drug-likeness (QED) is 0.683. The molecule has 5 nitrogen and oxygen atoms in total. The van der Waals surface area contributed by atoms with Crippen LogP contribution in [0.15, 0.2) is 18.2 Å². The van der Waals surface area contributed by atoms with Crippen LogP contribution in [0.2, 0.25) is 0 Å². The van der Waals surface area contributed by atoms with Gasteiger partial charge in [-0.3, -0.25) is 4.79 Å². The summed E-state index contributed by atoms with van der Waals surface area (Å²) in [6.07, 6.45) is 5.01. The van der Waals surface area contributed by atoms with Gasteiger partial charge in [0, 0.05) is 6.54 Å². The third-order valence-electron chi connectivity index (χ3n) is 5.82. The molecule has 2 aliphatic rings. The molecule has 3 rings (SSSR count). The van der Waals surface area contributed by atoms with Gasteiger partial charge in [-0.05, 0) is 56.6 Å². The minimum Gasteiger partial charge on any atom is -0.486 e. The fourth-order valence-electron chi connectivity index (χ4n) is 4.18. The minimum absolute atomic E-state index is 0. The largest absolute Gasteiger partial charge is 0.486 e. The van der Waals surface area contributed by atoms with Crippen LogP contribution < -0.4 is 14.8 Å². The zero-order valence-corrected chi connectivity index (χ0v) is 17.4. The average molecular weight is 397 g/mol. The van der Waals surface area contributed by atoms with Gasteiger partial charge in [-0.1, -0.05) is 32.8 Å². The molecule has 1 aromatic carbocycles. The van der Waals surface area contributed by atoms with E-state index < -0.39 is 5.41 Å². The molecular formula is C21H33ClN2O3. The third-order valence-corrected chi connectivity index (χ3v) is 5.82. The van der Waals surface area contributed by atoms with Crippen molar-refractivity contribution in [1.29, 1.82) is 0 Å². The Morgan fingerprint density at radius 1 is 1.11 bits per heavy atom. The van der Waals surface area contributed by atoms with E-state index in [1.54, 1.807) is 0 Å². The van der Waals surface area contributed by atoms with Crippen LogP contribution in [0.4, 0.5) is 0 Å². The van der Waals surface area contributed by atoms with Crippen LogP contribution in [-0.4, -0.2) is 50.2 Å². The Bertz CT molecular complexity index is 613. The number of carbonyl (C=O) groups is 1. The van der Waals surface area contributed by atoms with Gasteiger partial charge in [-0.25, -0.2) is 0 Å². The van der Waals surface area contributed by atoms with Crippen molar-refractivity contribution >= 4 is 18.3 Å². The van der Waals surface area contributed by atoms with Gasteiger partial charge in [0.1, 0.15) is 13.2 Å². The topological polar surface area (TPSA) is 50.8 Å². The molecule has 27 heavy (non-hydrogen) atoms. The molecule has 1 aliphatic carbocycles. The lowest BCUT2D eigenvalue weighted by atomic mass is 9.77. The predicted octanol–water partition coefficient (Wildman–Crippen LogP) is 3.54. The van der Waals surface area contributed by atoms with Crippen molar-refractivity contribution in [2.24, 2.45) is 0 Å². The normalized spacial score (nSPS) is 17.4. The molecular weight excluding hydrogens is 364 g/mol. The van der Waals surface area contributed by atoms with Gasteiger partial charge in [0.2, 0.25) is 5.91 Å². The molecule has 0 radical (unpaired) electrons. The Kier molecular flexibility index (Phi) is 8.24. The highest BCUT2D eigenvalue weighted by molar-refractivity contribution is 5.88. The fraction of sp³-hybridized carbons (Fsp3) is 0.667. The number of hydrogen-bond donors (Lipinski definition) is 1. The van der Waals surface area contributed by atoms with Gasteiger partial charge in [0.15, 0.2) is 11.5 Å². The average Bonchev–Trinajstić information content (AvgIpc) is 3.19. The number of hydrogen-bond acceptors (Lipinski definition) is 4. The molecule has 1 N–H and O–H groups in total. The minimum atomic E-state index is -0.412. The van der Waals surface area contributed by atoms with Crippen LogP contribution in [0.25, 0.3) is 0 Å². The summed E-state index contributed by atoms with van der Waals surface area (Å²) < 4.78 is 11.4. The van der Waals surface area contributed by atoms with E-state index in [0.29, 0.717) is 13.2 Å². The second-order valence-corrected chi connectivity index (χ2v) is 7.28. The van der Waals surface area contributed by atoms with Crippen molar-refractivity contribution in [2.45, 2.75) is 51.4 Å². The van der Waals surface area contributed by atoms with Crippen molar-refractivity contribution in [1.82, 2.24) is 10.2 Å². The second-order valence-electron chi connectivity index (χ2n) is 7.28. The van der Waals surface area contributed by atoms with Gasteiger partial charge < -0.3 is 19.7 Å². The Morgan fingerprint density at radius 3 is 2.44 bits per heavy atom. The summed E-state index contributed by atoms with van der Waals surface area (Å²) >= 11 is 0. The summed E-state index contributed by atoms with van der Waals surface area (Å²) in [7, 11) is 0. The number of carbonyl (C=O) groups excluding carboxylic acids is 1. The Labute approximate surface area is 169 Å². The number of benzene rings is 1. The van der Waals surface area contributed by atoms with E-state index in [-0.39, 0.29) is 18.3 Å². The smallest absolute Gasteiger partial charge is 0.230 e. The van der Waals surface area contributed by atoms with Crippen LogP contribution in [0, 0.1) is 0 Å². The number of fused-ring (bicyclic) bond motifs is 1. The van der Waals surface area contributed by atoms with Crippen LogP contribution in [0.3, 0.4) is 0 Å². The number of halogens is 1. The third kappa shape index (κ3) is 4.88. The van der Waals surface area contributed by atoms with Crippen molar-refractivity contribution < 1.29 is 14.3 Å². The first-order valence-corrected chi connectivity index (χ1v) is 10.1. The lowest BCUT2D eigenvalue weighted by Gasteiger charge is -2.30. The van der Waals surface area contributed by atoms with E-state index in [9.17, 15) is 4.79 Å². The molecule has 152 valence electrons. The Hall–Kier alpha value is -1.46. The van der Waals surface area contributed by atoms with E-state index in [2.05, 4.69) is 24.1 Å². The lowest BCUT2D eigenvalue weighted by molar-refractivity contribution is -0.126. The maximum Gasteiger partial charge on any atom is 0.230 e. The van der Waals surface area contributed by atoms with Crippen molar-refractivity contribution in [3.63, 3.8) is 0 Å². The molecule has 1 fully saturated rings. The summed E-state index contributed by atoms with van der Waals surface area (Å²) in [5.74, 6) is 1.73. The fourth-order valence-corrected chi connectivity index (χ4v) is 4.18. The van der Waals surface area contributed by atoms with E-state index >= 15 is 0 Å². The van der Waals surface area contributed by atoms with Crippen LogP contribution in [-0.2, 0) is 10.2 Å². The van der Waals surface area contributed by atoms with Gasteiger partial charge in [-0.2, -0.15) is 0 Å². The van der Waals surface area contributed by atoms with Crippen molar-refractivity contribution in [2.75, 3.05) is 39.4 Å². The molecule has 1 amide bonds. The van der Waals surface area contributed by atoms with E-state index in [0.717, 1.165) is 75.3 Å². The Morgan fingerprint density at radius 2 is 1.78 bits per heavy atom. The first-order valence-electron chi connectivity index (χ1n) is 10.1. The lowest BCUT2D eigenvalue weighted by Crippen LogP contribution is -2.43. The van der Waals surface area contributed by atoms with Crippen LogP contribution in [0.1, 0.15) is 51.5 Å². The van der Waals surface area contributed by atoms with Crippen molar-refractivity contribution in [3.8, 4) is 11.5 Å². The number of nitrogens with zero attached hydrogens (tertiary/aromatic N) is 1. The molecule has 0 unspecified atom stereocenters. The molecule has 0 bridgehead atoms. The molecule has 1 aliphatic heterocycles. The predicted molar refractivity (Wildman–Crippen MR) is 110 cm³/mol. The van der Waals surface area contributed by atoms with Crippen LogP contribution >= 0.6 is 12.4 Å². The highest BCUT2D eigenvalue weighted by Crippen LogP contribution is 2.44. The second kappa shape index (κ2) is 10.2. The zero-order valence-electron chi connectivity index (χ0n) is 16.6. The summed E-state index contributed by atoms with van der Waals surface area (Å²) in [4.78, 5) is 15.5. The molecule has 0 atom stereocenters. The molecule has 6 heteroatoms. The maximum atomic E-state index is 13.1. The van der Waals surface area contributed by atoms with Gasteiger partial charge in [0.05, 0.1) is 5.41 Å². The molecule has 0 aromatic heterocycles. The first-order chi connectivity index (χ1) is 12.7. The van der Waals surface area contributed by atoms with Gasteiger partial charge in [-0.15, -0.1) is 12.4 Å². The molecule has 0 spiro atoms. The summed E-state index contributed by atoms with van der Waals surface area (Å²) in [5, 5.41) is 3.21. The van der Waals surface area contributed by atoms with Gasteiger partial charge >= 0.3 is 0 Å². The van der Waals surface area contributed by atoms with E-state index in [1.165, 1.54) is 0 Å². The van der Waals surface area contributed by atoms with Gasteiger partial charge in [0.25, 0.3) is 0 Å². The van der Waals surface area contributed by atoms with Crippen molar-refractivity contribution in [3.05, 3.63) is 23.8 Å². The SMILES string of the molecule is CCN(CC)CCCNC(=O)C1(c2ccc3c(c2)OCCO3)CCCC1.Cl. The number of nitrogens with one attached hydrogen (secondary N) is 1. The van der Waals surface area contributed by atoms with Crippen LogP contribution in [0.5, 0.6) is 11.5 Å². The van der Waals surface area contributed by atoms with E-state index in [1.807, 2.05) is 18.2 Å². The first kappa shape index (κ1) is 21.8. The zero-order chi connectivity index (χ0) is 18.4. The highest BCUT2D eigenvalue weighted by atomic mass is 35.5. The molecule has 1 saturated carbocycles. The van der Waals surface area contributed by atoms with E-state index in [4.69, 9.17) is 9.47 Å². The summed E-state index contributed by atoms with van der Waals surface area (Å²) in [6, 6.07) is 6.03. The Balaban J connectivity index is 0.00000261. The summed E-state index contributed by atoms with van der Waals surface area (Å²) in [6.45, 7) is 9.41. The molecule has 1 aromatic rings. The number of rotatable bonds is 8. The monoisotopic (exact) mass is 396 g/mol. The number of amides is 1.